The minimum Gasteiger partial charge on any atom is -0.484 e. The average Bonchev–Trinajstić information content (AvgIpc) is 3.17. The first-order valence-electron chi connectivity index (χ1n) is 7.32. The second kappa shape index (κ2) is 6.91. The van der Waals surface area contributed by atoms with Crippen molar-refractivity contribution < 1.29 is 27.2 Å². The lowest BCUT2D eigenvalue weighted by Gasteiger charge is -2.03. The van der Waals surface area contributed by atoms with E-state index in [2.05, 4.69) is 15.2 Å². The van der Waals surface area contributed by atoms with E-state index in [0.717, 1.165) is 4.68 Å². The van der Waals surface area contributed by atoms with Gasteiger partial charge in [0.2, 0.25) is 5.82 Å². The number of halogens is 4. The third-order valence-corrected chi connectivity index (χ3v) is 3.74. The Hall–Kier alpha value is -3.08. The summed E-state index contributed by atoms with van der Waals surface area (Å²) >= 11 is 5.80. The Balaban J connectivity index is 1.88. The molecule has 0 saturated carbocycles. The Morgan fingerprint density at radius 2 is 2.00 bits per heavy atom. The highest BCUT2D eigenvalue weighted by atomic mass is 35.5. The lowest BCUT2D eigenvalue weighted by atomic mass is 10.2. The number of primary amides is 1. The number of aromatic nitrogens is 4. The number of alkyl halides is 3. The Bertz CT molecular complexity index is 982. The van der Waals surface area contributed by atoms with E-state index in [-0.39, 0.29) is 24.0 Å². The zero-order chi connectivity index (χ0) is 19.8. The summed E-state index contributed by atoms with van der Waals surface area (Å²) in [4.78, 5) is 14.8. The first-order valence-corrected chi connectivity index (χ1v) is 7.70. The summed E-state index contributed by atoms with van der Waals surface area (Å²) < 4.78 is 49.8. The number of carbonyl (C=O) groups excluding carboxylic acids is 1. The Morgan fingerprint density at radius 1 is 1.33 bits per heavy atom. The van der Waals surface area contributed by atoms with Gasteiger partial charge in [0.15, 0.2) is 12.3 Å². The Kier molecular flexibility index (Phi) is 4.79. The number of amides is 1. The fourth-order valence-electron chi connectivity index (χ4n) is 2.20. The topological polar surface area (TPSA) is 109 Å². The van der Waals surface area contributed by atoms with Crippen molar-refractivity contribution in [2.75, 3.05) is 6.61 Å². The van der Waals surface area contributed by atoms with E-state index < -0.39 is 22.8 Å². The van der Waals surface area contributed by atoms with Crippen molar-refractivity contribution >= 4 is 17.5 Å². The third-order valence-electron chi connectivity index (χ3n) is 3.38. The Morgan fingerprint density at radius 3 is 2.56 bits per heavy atom. The van der Waals surface area contributed by atoms with Crippen molar-refractivity contribution in [1.29, 1.82) is 0 Å². The first kappa shape index (κ1) is 18.7. The van der Waals surface area contributed by atoms with Crippen molar-refractivity contribution in [2.45, 2.75) is 6.18 Å². The minimum absolute atomic E-state index is 0.122. The van der Waals surface area contributed by atoms with Gasteiger partial charge < -0.3 is 15.0 Å². The SMILES string of the molecule is Cn1nc(C(F)(F)F)c(Cl)c1-c1nc(-c2ccc(OCC(N)=O)cc2)no1. The van der Waals surface area contributed by atoms with Gasteiger partial charge in [-0.25, -0.2) is 0 Å². The molecule has 12 heteroatoms. The molecule has 3 rings (SSSR count). The lowest BCUT2D eigenvalue weighted by molar-refractivity contribution is -0.141. The van der Waals surface area contributed by atoms with E-state index in [9.17, 15) is 18.0 Å². The molecule has 0 aliphatic carbocycles. The summed E-state index contributed by atoms with van der Waals surface area (Å²) in [5, 5.41) is 6.47. The number of nitrogens with zero attached hydrogens (tertiary/aromatic N) is 4. The van der Waals surface area contributed by atoms with Crippen molar-refractivity contribution in [3.8, 4) is 28.7 Å². The van der Waals surface area contributed by atoms with Crippen molar-refractivity contribution in [3.05, 3.63) is 35.0 Å². The monoisotopic (exact) mass is 401 g/mol. The molecule has 0 aliphatic heterocycles. The normalized spacial score (nSPS) is 11.6. The predicted octanol–water partition coefficient (Wildman–Crippen LogP) is 2.67. The summed E-state index contributed by atoms with van der Waals surface area (Å²) in [6.45, 7) is -0.272. The highest BCUT2D eigenvalue weighted by Crippen LogP contribution is 2.39. The summed E-state index contributed by atoms with van der Waals surface area (Å²) in [7, 11) is 1.28. The third kappa shape index (κ3) is 3.87. The molecule has 0 bridgehead atoms. The minimum atomic E-state index is -4.71. The van der Waals surface area contributed by atoms with Gasteiger partial charge in [0, 0.05) is 12.6 Å². The van der Waals surface area contributed by atoms with Gasteiger partial charge in [0.25, 0.3) is 11.8 Å². The van der Waals surface area contributed by atoms with Crippen LogP contribution in [0.15, 0.2) is 28.8 Å². The van der Waals surface area contributed by atoms with Crippen LogP contribution < -0.4 is 10.5 Å². The van der Waals surface area contributed by atoms with Gasteiger partial charge in [-0.2, -0.15) is 23.3 Å². The van der Waals surface area contributed by atoms with Crippen LogP contribution in [0.25, 0.3) is 23.0 Å². The van der Waals surface area contributed by atoms with Crippen LogP contribution in [0.3, 0.4) is 0 Å². The molecule has 27 heavy (non-hydrogen) atoms. The molecule has 0 radical (unpaired) electrons. The molecule has 0 unspecified atom stereocenters. The first-order chi connectivity index (χ1) is 12.7. The van der Waals surface area contributed by atoms with Crippen LogP contribution in [0.2, 0.25) is 5.02 Å². The largest absolute Gasteiger partial charge is 0.484 e. The molecule has 0 fully saturated rings. The molecular formula is C15H11ClF3N5O3. The number of rotatable bonds is 5. The fraction of sp³-hybridized carbons (Fsp3) is 0.200. The van der Waals surface area contributed by atoms with E-state index in [1.165, 1.54) is 7.05 Å². The summed E-state index contributed by atoms with van der Waals surface area (Å²) in [5.41, 5.74) is 4.11. The molecule has 1 amide bonds. The van der Waals surface area contributed by atoms with Crippen LogP contribution in [0, 0.1) is 0 Å². The Labute approximate surface area is 154 Å². The second-order valence-corrected chi connectivity index (χ2v) is 5.71. The zero-order valence-corrected chi connectivity index (χ0v) is 14.4. The van der Waals surface area contributed by atoms with E-state index in [0.29, 0.717) is 11.3 Å². The summed E-state index contributed by atoms with van der Waals surface area (Å²) in [6.07, 6.45) is -4.71. The van der Waals surface area contributed by atoms with Crippen LogP contribution in [0.1, 0.15) is 5.69 Å². The van der Waals surface area contributed by atoms with Crippen LogP contribution in [0.4, 0.5) is 13.2 Å². The van der Waals surface area contributed by atoms with Gasteiger partial charge in [0.1, 0.15) is 16.5 Å². The van der Waals surface area contributed by atoms with Crippen LogP contribution in [-0.4, -0.2) is 32.4 Å². The lowest BCUT2D eigenvalue weighted by Crippen LogP contribution is -2.19. The molecule has 2 aromatic heterocycles. The maximum atomic E-state index is 12.9. The van der Waals surface area contributed by atoms with E-state index in [4.69, 9.17) is 26.6 Å². The van der Waals surface area contributed by atoms with Gasteiger partial charge in [-0.15, -0.1) is 0 Å². The van der Waals surface area contributed by atoms with Gasteiger partial charge in [0.05, 0.1) is 0 Å². The maximum Gasteiger partial charge on any atom is 0.436 e. The molecular weight excluding hydrogens is 391 g/mol. The highest BCUT2D eigenvalue weighted by molar-refractivity contribution is 6.33. The van der Waals surface area contributed by atoms with Gasteiger partial charge in [-0.3, -0.25) is 9.48 Å². The molecule has 142 valence electrons. The second-order valence-electron chi connectivity index (χ2n) is 5.34. The number of hydrogen-bond donors (Lipinski definition) is 1. The number of carbonyl (C=O) groups is 1. The van der Waals surface area contributed by atoms with Gasteiger partial charge >= 0.3 is 6.18 Å². The summed E-state index contributed by atoms with van der Waals surface area (Å²) in [5.74, 6) is -0.314. The standard InChI is InChI=1S/C15H11ClF3N5O3/c1-24-11(10(16)12(22-24)15(17,18)19)14-21-13(23-27-14)7-2-4-8(5-3-7)26-6-9(20)25/h2-5H,6H2,1H3,(H2,20,25). The number of benzene rings is 1. The van der Waals surface area contributed by atoms with Crippen molar-refractivity contribution in [3.63, 3.8) is 0 Å². The molecule has 0 aliphatic rings. The van der Waals surface area contributed by atoms with Gasteiger partial charge in [-0.1, -0.05) is 16.8 Å². The molecule has 1 aromatic carbocycles. The van der Waals surface area contributed by atoms with E-state index >= 15 is 0 Å². The quantitative estimate of drug-likeness (QED) is 0.704. The number of hydrogen-bond acceptors (Lipinski definition) is 6. The molecule has 2 N–H and O–H groups in total. The van der Waals surface area contributed by atoms with Crippen LogP contribution >= 0.6 is 11.6 Å². The van der Waals surface area contributed by atoms with Crippen LogP contribution in [0.5, 0.6) is 5.75 Å². The molecule has 2 heterocycles. The molecule has 8 nitrogen and oxygen atoms in total. The molecule has 0 saturated heterocycles. The average molecular weight is 402 g/mol. The van der Waals surface area contributed by atoms with Gasteiger partial charge in [-0.05, 0) is 24.3 Å². The van der Waals surface area contributed by atoms with E-state index in [1.54, 1.807) is 24.3 Å². The summed E-state index contributed by atoms with van der Waals surface area (Å²) in [6, 6.07) is 6.26. The molecule has 3 aromatic rings. The van der Waals surface area contributed by atoms with E-state index in [1.807, 2.05) is 0 Å². The smallest absolute Gasteiger partial charge is 0.436 e. The molecule has 0 atom stereocenters. The van der Waals surface area contributed by atoms with Crippen molar-refractivity contribution in [2.24, 2.45) is 12.8 Å². The fourth-order valence-corrected chi connectivity index (χ4v) is 2.55. The predicted molar refractivity (Wildman–Crippen MR) is 86.6 cm³/mol. The number of aryl methyl sites for hydroxylation is 1. The zero-order valence-electron chi connectivity index (χ0n) is 13.6. The van der Waals surface area contributed by atoms with Crippen molar-refractivity contribution in [1.82, 2.24) is 19.9 Å². The highest BCUT2D eigenvalue weighted by Gasteiger charge is 2.39. The maximum absolute atomic E-state index is 12.9. The number of nitrogens with two attached hydrogens (primary N) is 1. The molecule has 0 spiro atoms. The van der Waals surface area contributed by atoms with Crippen LogP contribution in [-0.2, 0) is 18.0 Å². The number of ether oxygens (including phenoxy) is 1.